The van der Waals surface area contributed by atoms with Gasteiger partial charge in [0.1, 0.15) is 12.4 Å². The average Bonchev–Trinajstić information content (AvgIpc) is 3.18. The molecule has 12 heteroatoms. The highest BCUT2D eigenvalue weighted by molar-refractivity contribution is 7.85. The molecule has 3 aliphatic rings. The number of rotatable bonds is 1. The summed E-state index contributed by atoms with van der Waals surface area (Å²) < 4.78 is 47.2. The number of hydrogen-bond acceptors (Lipinski definition) is 8. The summed E-state index contributed by atoms with van der Waals surface area (Å²) in [5.74, 6) is -1.08. The SMILES string of the molecule is CC[C@]1(O)C(=O)OCc2c1cc1n(c2=O)Cc2c-1nc1cc(F)c(C)c3c1c2[C@H](N)CC3.CS(=O)(=O)O. The predicted octanol–water partition coefficient (Wildman–Crippen LogP) is 1.98. The van der Waals surface area contributed by atoms with E-state index in [4.69, 9.17) is 20.0 Å². The van der Waals surface area contributed by atoms with Crippen molar-refractivity contribution in [2.45, 2.75) is 57.9 Å². The number of pyridine rings is 2. The van der Waals surface area contributed by atoms with Gasteiger partial charge in [0.05, 0.1) is 35.3 Å². The number of esters is 1. The molecule has 10 nitrogen and oxygen atoms in total. The van der Waals surface area contributed by atoms with E-state index in [2.05, 4.69) is 0 Å². The van der Waals surface area contributed by atoms with E-state index < -0.39 is 21.7 Å². The van der Waals surface area contributed by atoms with Gasteiger partial charge in [-0.05, 0) is 48.9 Å². The third-order valence-electron chi connectivity index (χ3n) is 7.42. The lowest BCUT2D eigenvalue weighted by Crippen LogP contribution is -2.44. The number of benzene rings is 1. The first-order valence-electron chi connectivity index (χ1n) is 11.8. The Morgan fingerprint density at radius 3 is 2.59 bits per heavy atom. The molecule has 0 radical (unpaired) electrons. The zero-order valence-corrected chi connectivity index (χ0v) is 21.3. The van der Waals surface area contributed by atoms with Crippen LogP contribution >= 0.6 is 0 Å². The molecule has 0 fully saturated rings. The van der Waals surface area contributed by atoms with Crippen LogP contribution in [0.25, 0.3) is 22.3 Å². The Morgan fingerprint density at radius 2 is 1.95 bits per heavy atom. The van der Waals surface area contributed by atoms with Gasteiger partial charge < -0.3 is 20.1 Å². The van der Waals surface area contributed by atoms with Crippen molar-refractivity contribution in [2.75, 3.05) is 6.26 Å². The van der Waals surface area contributed by atoms with E-state index in [1.807, 2.05) is 0 Å². The van der Waals surface area contributed by atoms with Crippen LogP contribution in [0.5, 0.6) is 0 Å². The Balaban J connectivity index is 0.000000514. The number of aryl methyl sites for hydroxylation is 1. The van der Waals surface area contributed by atoms with Gasteiger partial charge in [-0.3, -0.25) is 9.35 Å². The fourth-order valence-corrected chi connectivity index (χ4v) is 5.59. The average molecular weight is 532 g/mol. The second-order valence-corrected chi connectivity index (χ2v) is 11.2. The fraction of sp³-hybridized carbons (Fsp3) is 0.400. The lowest BCUT2D eigenvalue weighted by Gasteiger charge is -2.31. The van der Waals surface area contributed by atoms with E-state index >= 15 is 0 Å². The number of aromatic nitrogens is 2. The molecule has 1 aliphatic carbocycles. The number of halogens is 1. The van der Waals surface area contributed by atoms with Gasteiger partial charge in [-0.1, -0.05) is 6.92 Å². The van der Waals surface area contributed by atoms with Gasteiger partial charge >= 0.3 is 5.97 Å². The van der Waals surface area contributed by atoms with Gasteiger partial charge in [0.2, 0.25) is 0 Å². The molecule has 2 atom stereocenters. The van der Waals surface area contributed by atoms with Crippen molar-refractivity contribution in [3.8, 4) is 11.4 Å². The summed E-state index contributed by atoms with van der Waals surface area (Å²) in [5.41, 5.74) is 9.72. The second-order valence-electron chi connectivity index (χ2n) is 9.69. The summed E-state index contributed by atoms with van der Waals surface area (Å²) in [7, 11) is -3.67. The molecule has 0 bridgehead atoms. The minimum absolute atomic E-state index is 0.0731. The number of ether oxygens (including phenoxy) is 1. The van der Waals surface area contributed by atoms with Crippen molar-refractivity contribution in [2.24, 2.45) is 5.73 Å². The maximum Gasteiger partial charge on any atom is 0.343 e. The van der Waals surface area contributed by atoms with Crippen molar-refractivity contribution in [3.05, 3.63) is 61.7 Å². The zero-order valence-electron chi connectivity index (χ0n) is 20.5. The van der Waals surface area contributed by atoms with Crippen molar-refractivity contribution < 1.29 is 32.0 Å². The third kappa shape index (κ3) is 3.86. The first-order chi connectivity index (χ1) is 17.3. The molecule has 0 spiro atoms. The van der Waals surface area contributed by atoms with Gasteiger partial charge in [0.25, 0.3) is 15.7 Å². The first-order valence-corrected chi connectivity index (χ1v) is 13.6. The quantitative estimate of drug-likeness (QED) is 0.246. The molecule has 0 saturated carbocycles. The Kier molecular flexibility index (Phi) is 5.79. The Morgan fingerprint density at radius 1 is 1.27 bits per heavy atom. The van der Waals surface area contributed by atoms with Crippen LogP contribution in [0.2, 0.25) is 0 Å². The molecule has 2 aliphatic heterocycles. The summed E-state index contributed by atoms with van der Waals surface area (Å²) in [6.45, 7) is 3.55. The predicted molar refractivity (Wildman–Crippen MR) is 132 cm³/mol. The number of fused-ring (bicyclic) bond motifs is 5. The fourth-order valence-electron chi connectivity index (χ4n) is 5.59. The molecule has 6 rings (SSSR count). The Labute approximate surface area is 211 Å². The number of carbonyl (C=O) groups excluding carboxylic acids is 1. The molecular formula is C25H26FN3O7S. The van der Waals surface area contributed by atoms with Crippen molar-refractivity contribution in [1.82, 2.24) is 9.55 Å². The van der Waals surface area contributed by atoms with Crippen LogP contribution in [-0.4, -0.2) is 39.9 Å². The van der Waals surface area contributed by atoms with E-state index in [0.717, 1.165) is 22.1 Å². The monoisotopic (exact) mass is 531 g/mol. The summed E-state index contributed by atoms with van der Waals surface area (Å²) in [4.78, 5) is 30.5. The third-order valence-corrected chi connectivity index (χ3v) is 7.42. The van der Waals surface area contributed by atoms with Crippen LogP contribution in [0.3, 0.4) is 0 Å². The van der Waals surface area contributed by atoms with E-state index in [1.165, 1.54) is 6.07 Å². The van der Waals surface area contributed by atoms with Gasteiger partial charge in [-0.2, -0.15) is 8.42 Å². The van der Waals surface area contributed by atoms with Crippen molar-refractivity contribution in [1.29, 1.82) is 0 Å². The molecule has 4 heterocycles. The molecule has 2 aromatic heterocycles. The van der Waals surface area contributed by atoms with Crippen LogP contribution in [0.1, 0.15) is 59.2 Å². The number of cyclic esters (lactones) is 1. The topological polar surface area (TPSA) is 162 Å². The highest BCUT2D eigenvalue weighted by atomic mass is 32.2. The Hall–Kier alpha value is -3.19. The number of carbonyl (C=O) groups is 1. The maximum atomic E-state index is 14.7. The molecular weight excluding hydrogens is 505 g/mol. The van der Waals surface area contributed by atoms with Crippen LogP contribution in [0.15, 0.2) is 16.9 Å². The second kappa shape index (κ2) is 8.42. The highest BCUT2D eigenvalue weighted by Crippen LogP contribution is 2.45. The summed E-state index contributed by atoms with van der Waals surface area (Å²) >= 11 is 0. The van der Waals surface area contributed by atoms with Crippen molar-refractivity contribution >= 4 is 27.0 Å². The summed E-state index contributed by atoms with van der Waals surface area (Å²) in [6.07, 6.45) is 2.15. The maximum absolute atomic E-state index is 14.7. The van der Waals surface area contributed by atoms with Gasteiger partial charge in [0, 0.05) is 28.6 Å². The molecule has 0 saturated heterocycles. The zero-order chi connectivity index (χ0) is 27.0. The van der Waals surface area contributed by atoms with Gasteiger partial charge in [-0.15, -0.1) is 0 Å². The molecule has 4 N–H and O–H groups in total. The van der Waals surface area contributed by atoms with Crippen molar-refractivity contribution in [3.63, 3.8) is 0 Å². The van der Waals surface area contributed by atoms with Gasteiger partial charge in [-0.25, -0.2) is 14.2 Å². The standard InChI is InChI=1S/C24H22FN3O4.CH4O3S/c1-3-24(31)14-6-18-21-12(8-28(18)22(29)13(14)9-32-23(24)30)19-16(26)5-4-11-10(2)15(25)7-17(27-21)20(11)19;1-5(2,3)4/h6-7,16,31H,3-5,8-9,26H2,1-2H3;1H3,(H,2,3,4)/t16-,24-;/m1./s1. The van der Waals surface area contributed by atoms with E-state index in [0.29, 0.717) is 41.6 Å². The van der Waals surface area contributed by atoms with Crippen LogP contribution in [0, 0.1) is 12.7 Å². The largest absolute Gasteiger partial charge is 0.458 e. The normalized spacial score (nSPS) is 21.5. The number of hydrogen-bond donors (Lipinski definition) is 3. The van der Waals surface area contributed by atoms with Crippen LogP contribution in [-0.2, 0) is 44.8 Å². The molecule has 196 valence electrons. The minimum atomic E-state index is -3.67. The molecule has 0 unspecified atom stereocenters. The number of nitrogens with two attached hydrogens (primary N) is 1. The van der Waals surface area contributed by atoms with Crippen LogP contribution in [0.4, 0.5) is 4.39 Å². The molecule has 0 amide bonds. The lowest BCUT2D eigenvalue weighted by atomic mass is 9.82. The minimum Gasteiger partial charge on any atom is -0.458 e. The van der Waals surface area contributed by atoms with E-state index in [-0.39, 0.29) is 48.1 Å². The number of aliphatic hydroxyl groups is 1. The number of nitrogens with zero attached hydrogens (tertiary/aromatic N) is 2. The summed E-state index contributed by atoms with van der Waals surface area (Å²) in [6, 6.07) is 2.84. The molecule has 3 aromatic rings. The smallest absolute Gasteiger partial charge is 0.343 e. The molecule has 1 aromatic carbocycles. The van der Waals surface area contributed by atoms with E-state index in [1.54, 1.807) is 24.5 Å². The Bertz CT molecular complexity index is 1670. The first kappa shape index (κ1) is 25.5. The van der Waals surface area contributed by atoms with E-state index in [9.17, 15) is 27.5 Å². The summed E-state index contributed by atoms with van der Waals surface area (Å²) in [5, 5.41) is 11.9. The highest BCUT2D eigenvalue weighted by Gasteiger charge is 2.45. The lowest BCUT2D eigenvalue weighted by molar-refractivity contribution is -0.172. The molecule has 37 heavy (non-hydrogen) atoms. The van der Waals surface area contributed by atoms with Gasteiger partial charge in [0.15, 0.2) is 5.60 Å². The van der Waals surface area contributed by atoms with Crippen LogP contribution < -0.4 is 11.3 Å².